The van der Waals surface area contributed by atoms with Crippen molar-refractivity contribution in [2.24, 2.45) is 5.92 Å². The molecule has 0 amide bonds. The van der Waals surface area contributed by atoms with Crippen LogP contribution in [0.2, 0.25) is 0 Å². The number of hydrogen-bond donors (Lipinski definition) is 0. The van der Waals surface area contributed by atoms with Crippen molar-refractivity contribution in [1.29, 1.82) is 0 Å². The van der Waals surface area contributed by atoms with Gasteiger partial charge in [-0.25, -0.2) is 9.18 Å². The van der Waals surface area contributed by atoms with Crippen LogP contribution in [-0.4, -0.2) is 24.7 Å². The quantitative estimate of drug-likeness (QED) is 0.240. The minimum Gasteiger partial charge on any atom is -0.419 e. The minimum absolute atomic E-state index is 0.329. The minimum atomic E-state index is -6.13. The third kappa shape index (κ3) is 5.48. The normalized spacial score (nSPS) is 18.0. The van der Waals surface area contributed by atoms with Crippen molar-refractivity contribution in [2.75, 3.05) is 6.67 Å². The van der Waals surface area contributed by atoms with E-state index in [1.54, 1.807) is 0 Å². The molecule has 0 fully saturated rings. The first kappa shape index (κ1) is 22.2. The number of carbonyl (C=O) groups is 1. The van der Waals surface area contributed by atoms with Crippen LogP contribution in [0.1, 0.15) is 37.7 Å². The molecule has 28 heavy (non-hydrogen) atoms. The monoisotopic (exact) mass is 412 g/mol. The first-order chi connectivity index (χ1) is 13.0. The molecule has 0 radical (unpaired) electrons. The molecular weight excluding hydrogens is 393 g/mol. The average molecular weight is 412 g/mol. The lowest BCUT2D eigenvalue weighted by Gasteiger charge is -2.21. The van der Waals surface area contributed by atoms with Crippen LogP contribution in [0.5, 0.6) is 5.75 Å². The summed E-state index contributed by atoms with van der Waals surface area (Å²) in [4.78, 5) is 11.0. The number of rotatable bonds is 7. The Bertz CT molecular complexity index is 725. The third-order valence-corrected chi connectivity index (χ3v) is 4.68. The fourth-order valence-corrected chi connectivity index (χ4v) is 2.95. The Kier molecular flexibility index (Phi) is 7.11. The highest BCUT2D eigenvalue weighted by Gasteiger charge is 2.65. The zero-order valence-electron chi connectivity index (χ0n) is 14.8. The number of aryl methyl sites for hydroxylation is 1. The molecule has 1 unspecified atom stereocenters. The number of alkyl halides is 6. The largest absolute Gasteiger partial charge is 0.465 e. The van der Waals surface area contributed by atoms with Crippen LogP contribution in [0.4, 0.5) is 30.7 Å². The molecule has 1 aliphatic rings. The predicted molar refractivity (Wildman–Crippen MR) is 87.4 cm³/mol. The maximum Gasteiger partial charge on any atom is 0.465 e. The number of carbonyl (C=O) groups excluding carboxylic acids is 1. The summed E-state index contributed by atoms with van der Waals surface area (Å²) in [6, 6.07) is 3.08. The number of esters is 1. The standard InChI is InChI=1S/C19H19F7O2/c20-10-9-13-3-1-12(2-4-13)5-6-14-7-8-16(15(21)11-14)28-17(27)18(22,23)19(24,25)26/h1,7-8,11,13H,2-6,9-10H2. The Morgan fingerprint density at radius 2 is 1.86 bits per heavy atom. The van der Waals surface area contributed by atoms with E-state index in [0.717, 1.165) is 37.0 Å². The Morgan fingerprint density at radius 3 is 2.39 bits per heavy atom. The number of halogens is 7. The number of hydrogen-bond acceptors (Lipinski definition) is 2. The van der Waals surface area contributed by atoms with E-state index < -0.39 is 29.6 Å². The van der Waals surface area contributed by atoms with Crippen molar-refractivity contribution in [2.45, 2.75) is 50.6 Å². The smallest absolute Gasteiger partial charge is 0.419 e. The lowest BCUT2D eigenvalue weighted by molar-refractivity contribution is -0.276. The van der Waals surface area contributed by atoms with Gasteiger partial charge >= 0.3 is 18.1 Å². The first-order valence-electron chi connectivity index (χ1n) is 8.73. The summed E-state index contributed by atoms with van der Waals surface area (Å²) in [6.45, 7) is -0.348. The van der Waals surface area contributed by atoms with Gasteiger partial charge in [0, 0.05) is 0 Å². The summed E-state index contributed by atoms with van der Waals surface area (Å²) in [5.41, 5.74) is 1.63. The molecule has 0 saturated carbocycles. The zero-order chi connectivity index (χ0) is 20.9. The number of ether oxygens (including phenoxy) is 1. The SMILES string of the molecule is O=C(Oc1ccc(CCC2=CCC(CCF)CC2)cc1F)C(F)(F)C(F)(F)F. The Hall–Kier alpha value is -2.06. The van der Waals surface area contributed by atoms with Crippen molar-refractivity contribution in [3.63, 3.8) is 0 Å². The molecule has 0 spiro atoms. The molecule has 1 atom stereocenters. The molecule has 1 aromatic rings. The lowest BCUT2D eigenvalue weighted by atomic mass is 9.86. The van der Waals surface area contributed by atoms with Gasteiger partial charge in [0.15, 0.2) is 11.6 Å². The highest BCUT2D eigenvalue weighted by atomic mass is 19.4. The highest BCUT2D eigenvalue weighted by Crippen LogP contribution is 2.37. The fraction of sp³-hybridized carbons (Fsp3) is 0.526. The predicted octanol–water partition coefficient (Wildman–Crippen LogP) is 5.95. The molecule has 0 aromatic heterocycles. The van der Waals surface area contributed by atoms with Crippen LogP contribution in [0.3, 0.4) is 0 Å². The maximum atomic E-state index is 13.9. The average Bonchev–Trinajstić information content (AvgIpc) is 2.62. The van der Waals surface area contributed by atoms with E-state index in [-0.39, 0.29) is 6.67 Å². The topological polar surface area (TPSA) is 26.3 Å². The van der Waals surface area contributed by atoms with Gasteiger partial charge in [-0.3, -0.25) is 4.39 Å². The van der Waals surface area contributed by atoms with Crippen LogP contribution in [0.15, 0.2) is 29.8 Å². The molecule has 9 heteroatoms. The number of allylic oxidation sites excluding steroid dienone is 2. The van der Waals surface area contributed by atoms with Crippen molar-refractivity contribution in [3.8, 4) is 5.75 Å². The summed E-state index contributed by atoms with van der Waals surface area (Å²) in [5.74, 6) is -10.5. The molecule has 0 N–H and O–H groups in total. The lowest BCUT2D eigenvalue weighted by Crippen LogP contribution is -2.46. The van der Waals surface area contributed by atoms with E-state index in [0.29, 0.717) is 30.7 Å². The van der Waals surface area contributed by atoms with E-state index in [2.05, 4.69) is 4.74 Å². The van der Waals surface area contributed by atoms with E-state index in [1.165, 1.54) is 6.07 Å². The third-order valence-electron chi connectivity index (χ3n) is 4.68. The van der Waals surface area contributed by atoms with Gasteiger partial charge in [0.25, 0.3) is 0 Å². The van der Waals surface area contributed by atoms with Gasteiger partial charge in [-0.2, -0.15) is 22.0 Å². The summed E-state index contributed by atoms with van der Waals surface area (Å²) < 4.78 is 92.3. The maximum absolute atomic E-state index is 13.9. The molecular formula is C19H19F7O2. The summed E-state index contributed by atoms with van der Waals surface area (Å²) in [5, 5.41) is 0. The Labute approximate surface area is 157 Å². The second-order valence-electron chi connectivity index (χ2n) is 6.71. The molecule has 0 saturated heterocycles. The molecule has 1 aromatic carbocycles. The summed E-state index contributed by atoms with van der Waals surface area (Å²) in [7, 11) is 0. The van der Waals surface area contributed by atoms with Gasteiger partial charge in [-0.05, 0) is 62.1 Å². The molecule has 2 rings (SSSR count). The summed E-state index contributed by atoms with van der Waals surface area (Å²) >= 11 is 0. The van der Waals surface area contributed by atoms with Gasteiger partial charge in [-0.1, -0.05) is 17.7 Å². The molecule has 2 nitrogen and oxygen atoms in total. The zero-order valence-corrected chi connectivity index (χ0v) is 14.8. The fourth-order valence-electron chi connectivity index (χ4n) is 2.95. The van der Waals surface area contributed by atoms with Crippen molar-refractivity contribution < 1.29 is 40.3 Å². The highest BCUT2D eigenvalue weighted by molar-refractivity contribution is 5.80. The summed E-state index contributed by atoms with van der Waals surface area (Å²) in [6.07, 6.45) is -0.0379. The van der Waals surface area contributed by atoms with Crippen molar-refractivity contribution >= 4 is 5.97 Å². The van der Waals surface area contributed by atoms with Crippen molar-refractivity contribution in [1.82, 2.24) is 0 Å². The van der Waals surface area contributed by atoms with Gasteiger partial charge in [0.2, 0.25) is 0 Å². The Morgan fingerprint density at radius 1 is 1.14 bits per heavy atom. The molecule has 156 valence electrons. The van der Waals surface area contributed by atoms with Gasteiger partial charge < -0.3 is 4.74 Å². The first-order valence-corrected chi connectivity index (χ1v) is 8.73. The van der Waals surface area contributed by atoms with Crippen LogP contribution in [0.25, 0.3) is 0 Å². The number of benzene rings is 1. The van der Waals surface area contributed by atoms with Crippen LogP contribution in [0, 0.1) is 11.7 Å². The molecule has 0 aliphatic heterocycles. The van der Waals surface area contributed by atoms with Crippen molar-refractivity contribution in [3.05, 3.63) is 41.2 Å². The van der Waals surface area contributed by atoms with E-state index in [1.807, 2.05) is 6.08 Å². The van der Waals surface area contributed by atoms with E-state index in [9.17, 15) is 35.5 Å². The van der Waals surface area contributed by atoms with Crippen LogP contribution < -0.4 is 4.74 Å². The van der Waals surface area contributed by atoms with Gasteiger partial charge in [0.05, 0.1) is 6.67 Å². The van der Waals surface area contributed by atoms with Crippen LogP contribution in [-0.2, 0) is 11.2 Å². The van der Waals surface area contributed by atoms with E-state index >= 15 is 0 Å². The van der Waals surface area contributed by atoms with Gasteiger partial charge in [0.1, 0.15) is 0 Å². The van der Waals surface area contributed by atoms with Gasteiger partial charge in [-0.15, -0.1) is 0 Å². The molecule has 0 bridgehead atoms. The van der Waals surface area contributed by atoms with E-state index in [4.69, 9.17) is 0 Å². The molecule has 1 aliphatic carbocycles. The Balaban J connectivity index is 1.95. The van der Waals surface area contributed by atoms with Crippen LogP contribution >= 0.6 is 0 Å². The second-order valence-corrected chi connectivity index (χ2v) is 6.71. The second kappa shape index (κ2) is 8.96. The molecule has 0 heterocycles.